The summed E-state index contributed by atoms with van der Waals surface area (Å²) in [6.07, 6.45) is 5.80. The molecule has 4 rings (SSSR count). The van der Waals surface area contributed by atoms with Crippen LogP contribution >= 0.6 is 0 Å². The number of aromatic nitrogens is 1. The standard InChI is InChI=1S/C15H19N3O/c16-6-8-1-4-11(17-7-8)18-15(19)14-12-9-2-3-10(5-9)13(12)14/h1,4,7,9-10,12-14H,2-3,5-6,16H2,(H,17,18,19). The van der Waals surface area contributed by atoms with Gasteiger partial charge in [0.25, 0.3) is 0 Å². The zero-order valence-electron chi connectivity index (χ0n) is 10.9. The van der Waals surface area contributed by atoms with Crippen LogP contribution in [0.5, 0.6) is 0 Å². The molecule has 1 amide bonds. The van der Waals surface area contributed by atoms with Gasteiger partial charge in [-0.25, -0.2) is 4.98 Å². The third-order valence-corrected chi connectivity index (χ3v) is 5.35. The Hall–Kier alpha value is -1.42. The lowest BCUT2D eigenvalue weighted by atomic mass is 10.0. The molecule has 2 bridgehead atoms. The van der Waals surface area contributed by atoms with Crippen LogP contribution in [0.15, 0.2) is 18.3 Å². The third-order valence-electron chi connectivity index (χ3n) is 5.35. The zero-order valence-corrected chi connectivity index (χ0v) is 10.9. The van der Waals surface area contributed by atoms with Crippen molar-refractivity contribution >= 4 is 11.7 Å². The van der Waals surface area contributed by atoms with Crippen molar-refractivity contribution in [3.63, 3.8) is 0 Å². The van der Waals surface area contributed by atoms with Crippen molar-refractivity contribution in [3.8, 4) is 0 Å². The highest BCUT2D eigenvalue weighted by molar-refractivity contribution is 5.94. The van der Waals surface area contributed by atoms with Crippen LogP contribution in [0.3, 0.4) is 0 Å². The summed E-state index contributed by atoms with van der Waals surface area (Å²) >= 11 is 0. The number of amides is 1. The molecule has 3 saturated carbocycles. The van der Waals surface area contributed by atoms with Crippen LogP contribution in [0, 0.1) is 29.6 Å². The van der Waals surface area contributed by atoms with Crippen molar-refractivity contribution in [2.45, 2.75) is 25.8 Å². The number of nitrogens with one attached hydrogen (secondary N) is 1. The molecular weight excluding hydrogens is 238 g/mol. The van der Waals surface area contributed by atoms with Gasteiger partial charge in [-0.15, -0.1) is 0 Å². The number of hydrogen-bond donors (Lipinski definition) is 2. The normalized spacial score (nSPS) is 38.1. The Bertz CT molecular complexity index is 497. The molecule has 3 aliphatic carbocycles. The van der Waals surface area contributed by atoms with E-state index in [1.54, 1.807) is 6.20 Å². The Balaban J connectivity index is 1.42. The number of fused-ring (bicyclic) bond motifs is 5. The fraction of sp³-hybridized carbons (Fsp3) is 0.600. The number of nitrogens with zero attached hydrogens (tertiary/aromatic N) is 1. The van der Waals surface area contributed by atoms with Gasteiger partial charge in [-0.3, -0.25) is 4.79 Å². The lowest BCUT2D eigenvalue weighted by Gasteiger charge is -2.09. The summed E-state index contributed by atoms with van der Waals surface area (Å²) in [5, 5.41) is 2.96. The molecule has 0 radical (unpaired) electrons. The Labute approximate surface area is 112 Å². The van der Waals surface area contributed by atoms with E-state index in [2.05, 4.69) is 10.3 Å². The van der Waals surface area contributed by atoms with Gasteiger partial charge in [-0.05, 0) is 54.6 Å². The van der Waals surface area contributed by atoms with Gasteiger partial charge in [0.1, 0.15) is 5.82 Å². The number of carbonyl (C=O) groups excluding carboxylic acids is 1. The molecule has 3 fully saturated rings. The van der Waals surface area contributed by atoms with E-state index in [-0.39, 0.29) is 11.8 Å². The summed E-state index contributed by atoms with van der Waals surface area (Å²) in [6.45, 7) is 0.483. The molecule has 0 saturated heterocycles. The molecule has 1 heterocycles. The SMILES string of the molecule is NCc1ccc(NC(=O)C2C3C4CCC(C4)C23)nc1. The van der Waals surface area contributed by atoms with Gasteiger partial charge in [-0.1, -0.05) is 6.07 Å². The number of nitrogens with two attached hydrogens (primary N) is 1. The average molecular weight is 257 g/mol. The minimum Gasteiger partial charge on any atom is -0.326 e. The van der Waals surface area contributed by atoms with Gasteiger partial charge in [0.15, 0.2) is 0 Å². The van der Waals surface area contributed by atoms with Gasteiger partial charge in [0.2, 0.25) is 5.91 Å². The van der Waals surface area contributed by atoms with Crippen LogP contribution in [0.25, 0.3) is 0 Å². The van der Waals surface area contributed by atoms with E-state index < -0.39 is 0 Å². The first-order chi connectivity index (χ1) is 9.28. The molecule has 1 aromatic heterocycles. The molecule has 4 nitrogen and oxygen atoms in total. The maximum Gasteiger partial charge on any atom is 0.229 e. The number of hydrogen-bond acceptors (Lipinski definition) is 3. The van der Waals surface area contributed by atoms with Crippen molar-refractivity contribution in [3.05, 3.63) is 23.9 Å². The van der Waals surface area contributed by atoms with Crippen molar-refractivity contribution in [1.82, 2.24) is 4.98 Å². The summed E-state index contributed by atoms with van der Waals surface area (Å²) < 4.78 is 0. The zero-order chi connectivity index (χ0) is 13.0. The fourth-order valence-corrected chi connectivity index (χ4v) is 4.50. The lowest BCUT2D eigenvalue weighted by Crippen LogP contribution is -2.19. The average Bonchev–Trinajstić information content (AvgIpc) is 2.89. The largest absolute Gasteiger partial charge is 0.326 e. The smallest absolute Gasteiger partial charge is 0.229 e. The molecule has 19 heavy (non-hydrogen) atoms. The highest BCUT2D eigenvalue weighted by Crippen LogP contribution is 2.69. The molecule has 4 atom stereocenters. The summed E-state index contributed by atoms with van der Waals surface area (Å²) in [7, 11) is 0. The maximum absolute atomic E-state index is 12.3. The molecular formula is C15H19N3O. The molecule has 0 aliphatic heterocycles. The van der Waals surface area contributed by atoms with Gasteiger partial charge in [-0.2, -0.15) is 0 Å². The van der Waals surface area contributed by atoms with Crippen molar-refractivity contribution < 1.29 is 4.79 Å². The van der Waals surface area contributed by atoms with Crippen LogP contribution in [0.4, 0.5) is 5.82 Å². The summed E-state index contributed by atoms with van der Waals surface area (Å²) in [5.74, 6) is 4.13. The molecule has 100 valence electrons. The monoisotopic (exact) mass is 257 g/mol. The predicted molar refractivity (Wildman–Crippen MR) is 72.1 cm³/mol. The van der Waals surface area contributed by atoms with Crippen LogP contribution in [0.2, 0.25) is 0 Å². The molecule has 4 unspecified atom stereocenters. The lowest BCUT2D eigenvalue weighted by molar-refractivity contribution is -0.118. The molecule has 0 spiro atoms. The topological polar surface area (TPSA) is 68.0 Å². The van der Waals surface area contributed by atoms with Crippen LogP contribution in [-0.4, -0.2) is 10.9 Å². The van der Waals surface area contributed by atoms with E-state index in [0.717, 1.165) is 17.4 Å². The van der Waals surface area contributed by atoms with Crippen molar-refractivity contribution in [1.29, 1.82) is 0 Å². The first kappa shape index (κ1) is 11.4. The first-order valence-corrected chi connectivity index (χ1v) is 7.24. The maximum atomic E-state index is 12.3. The summed E-state index contributed by atoms with van der Waals surface area (Å²) in [5.41, 5.74) is 6.52. The minimum absolute atomic E-state index is 0.180. The van der Waals surface area contributed by atoms with Crippen LogP contribution in [-0.2, 0) is 11.3 Å². The van der Waals surface area contributed by atoms with Gasteiger partial charge in [0, 0.05) is 18.7 Å². The van der Waals surface area contributed by atoms with Gasteiger partial charge >= 0.3 is 0 Å². The van der Waals surface area contributed by atoms with Crippen molar-refractivity contribution in [2.24, 2.45) is 35.3 Å². The van der Waals surface area contributed by atoms with E-state index >= 15 is 0 Å². The van der Waals surface area contributed by atoms with Crippen LogP contribution < -0.4 is 11.1 Å². The number of rotatable bonds is 3. The fourth-order valence-electron chi connectivity index (χ4n) is 4.50. The molecule has 3 N–H and O–H groups in total. The van der Waals surface area contributed by atoms with E-state index in [9.17, 15) is 4.79 Å². The third kappa shape index (κ3) is 1.70. The van der Waals surface area contributed by atoms with Crippen LogP contribution in [0.1, 0.15) is 24.8 Å². The first-order valence-electron chi connectivity index (χ1n) is 7.24. The van der Waals surface area contributed by atoms with Crippen molar-refractivity contribution in [2.75, 3.05) is 5.32 Å². The Kier molecular flexibility index (Phi) is 2.42. The summed E-state index contributed by atoms with van der Waals surface area (Å²) in [6, 6.07) is 3.76. The molecule has 1 aromatic rings. The number of anilines is 1. The van der Waals surface area contributed by atoms with Gasteiger partial charge in [0.05, 0.1) is 0 Å². The number of pyridine rings is 1. The molecule has 0 aromatic carbocycles. The van der Waals surface area contributed by atoms with E-state index in [4.69, 9.17) is 5.73 Å². The van der Waals surface area contributed by atoms with E-state index in [1.807, 2.05) is 12.1 Å². The minimum atomic E-state index is 0.180. The molecule has 3 aliphatic rings. The molecule has 4 heteroatoms. The Morgan fingerprint density at radius 2 is 2.05 bits per heavy atom. The van der Waals surface area contributed by atoms with Gasteiger partial charge < -0.3 is 11.1 Å². The second kappa shape index (κ2) is 4.04. The Morgan fingerprint density at radius 1 is 1.32 bits per heavy atom. The highest BCUT2D eigenvalue weighted by atomic mass is 16.2. The van der Waals surface area contributed by atoms with E-state index in [1.165, 1.54) is 19.3 Å². The summed E-state index contributed by atoms with van der Waals surface area (Å²) in [4.78, 5) is 16.5. The second-order valence-electron chi connectivity index (χ2n) is 6.26. The Morgan fingerprint density at radius 3 is 2.63 bits per heavy atom. The number of carbonyl (C=O) groups is 1. The highest BCUT2D eigenvalue weighted by Gasteiger charge is 2.67. The predicted octanol–water partition coefficient (Wildman–Crippen LogP) is 1.77. The quantitative estimate of drug-likeness (QED) is 0.867. The second-order valence-corrected chi connectivity index (χ2v) is 6.26. The van der Waals surface area contributed by atoms with E-state index in [0.29, 0.717) is 24.2 Å².